The number of rotatable bonds is 5. The van der Waals surface area contributed by atoms with E-state index in [1.54, 1.807) is 32.2 Å². The fraction of sp³-hybridized carbons (Fsp3) is 0.565. The number of piperidine rings is 1. The molecule has 1 aromatic heterocycles. The first kappa shape index (κ1) is 20.6. The van der Waals surface area contributed by atoms with Gasteiger partial charge in [-0.15, -0.1) is 0 Å². The van der Waals surface area contributed by atoms with Crippen LogP contribution in [0, 0.1) is 5.92 Å². The summed E-state index contributed by atoms with van der Waals surface area (Å²) in [6.07, 6.45) is 8.81. The van der Waals surface area contributed by atoms with Crippen LogP contribution in [0.2, 0.25) is 0 Å². The second kappa shape index (κ2) is 8.58. The van der Waals surface area contributed by atoms with Gasteiger partial charge >= 0.3 is 0 Å². The maximum atomic E-state index is 13.7. The molecule has 162 valence electrons. The number of nitrogens with zero attached hydrogens (tertiary/aromatic N) is 3. The summed E-state index contributed by atoms with van der Waals surface area (Å²) in [6, 6.07) is 4.07. The predicted molar refractivity (Wildman–Crippen MR) is 114 cm³/mol. The van der Waals surface area contributed by atoms with Crippen molar-refractivity contribution in [2.75, 3.05) is 27.9 Å². The highest BCUT2D eigenvalue weighted by Crippen LogP contribution is 2.45. The number of methoxy groups -OCH3 is 3. The third-order valence-corrected chi connectivity index (χ3v) is 6.63. The number of carbonyl (C=O) groups excluding carboxylic acids is 1. The van der Waals surface area contributed by atoms with Crippen LogP contribution in [0.5, 0.6) is 17.2 Å². The highest BCUT2D eigenvalue weighted by molar-refractivity contribution is 6.01. The summed E-state index contributed by atoms with van der Waals surface area (Å²) in [6.45, 7) is 0.817. The monoisotopic (exact) mass is 413 g/mol. The molecular weight excluding hydrogens is 382 g/mol. The second-order valence-corrected chi connectivity index (χ2v) is 8.16. The van der Waals surface area contributed by atoms with Gasteiger partial charge in [0.1, 0.15) is 0 Å². The quantitative estimate of drug-likeness (QED) is 0.744. The molecule has 0 N–H and O–H groups in total. The van der Waals surface area contributed by atoms with Crippen molar-refractivity contribution in [3.8, 4) is 28.5 Å². The average molecular weight is 414 g/mol. The molecule has 1 amide bonds. The normalized spacial score (nSPS) is 21.1. The van der Waals surface area contributed by atoms with Gasteiger partial charge in [0.15, 0.2) is 11.5 Å². The molecule has 0 bridgehead atoms. The van der Waals surface area contributed by atoms with Crippen molar-refractivity contribution in [3.05, 3.63) is 23.9 Å². The zero-order chi connectivity index (χ0) is 21.3. The first-order valence-corrected chi connectivity index (χ1v) is 10.7. The van der Waals surface area contributed by atoms with Crippen LogP contribution < -0.4 is 14.2 Å². The summed E-state index contributed by atoms with van der Waals surface area (Å²) in [5.41, 5.74) is 2.10. The summed E-state index contributed by atoms with van der Waals surface area (Å²) in [5.74, 6) is 2.30. The summed E-state index contributed by atoms with van der Waals surface area (Å²) in [5, 5.41) is 4.43. The highest BCUT2D eigenvalue weighted by Gasteiger charge is 2.37. The van der Waals surface area contributed by atoms with Crippen molar-refractivity contribution in [2.45, 2.75) is 44.6 Å². The van der Waals surface area contributed by atoms with E-state index in [-0.39, 0.29) is 5.91 Å². The van der Waals surface area contributed by atoms with Crippen molar-refractivity contribution < 1.29 is 19.0 Å². The number of aryl methyl sites for hydroxylation is 1. The van der Waals surface area contributed by atoms with Crippen molar-refractivity contribution in [2.24, 2.45) is 13.0 Å². The van der Waals surface area contributed by atoms with Crippen LogP contribution in [0.1, 0.15) is 48.9 Å². The van der Waals surface area contributed by atoms with Crippen LogP contribution >= 0.6 is 0 Å². The van der Waals surface area contributed by atoms with E-state index in [2.05, 4.69) is 10.00 Å². The van der Waals surface area contributed by atoms with Gasteiger partial charge in [-0.05, 0) is 43.7 Å². The Hall–Kier alpha value is -2.70. The Labute approximate surface area is 177 Å². The summed E-state index contributed by atoms with van der Waals surface area (Å²) >= 11 is 0. The van der Waals surface area contributed by atoms with Gasteiger partial charge in [-0.1, -0.05) is 12.8 Å². The van der Waals surface area contributed by atoms with Gasteiger partial charge in [-0.2, -0.15) is 5.10 Å². The van der Waals surface area contributed by atoms with Gasteiger partial charge in [0.05, 0.1) is 38.8 Å². The Morgan fingerprint density at radius 2 is 1.73 bits per heavy atom. The van der Waals surface area contributed by atoms with Crippen molar-refractivity contribution in [3.63, 3.8) is 0 Å². The molecule has 2 aromatic rings. The molecule has 2 fully saturated rings. The molecule has 2 heterocycles. The average Bonchev–Trinajstić information content (AvgIpc) is 3.18. The molecule has 0 spiro atoms. The fourth-order valence-corrected chi connectivity index (χ4v) is 5.23. The number of hydrogen-bond donors (Lipinski definition) is 0. The molecule has 1 aromatic carbocycles. The Morgan fingerprint density at radius 3 is 2.47 bits per heavy atom. The number of likely N-dealkylation sites (tertiary alicyclic amines) is 1. The lowest BCUT2D eigenvalue weighted by atomic mass is 9.78. The molecule has 7 heteroatoms. The first-order valence-electron chi connectivity index (χ1n) is 10.7. The molecule has 1 aliphatic heterocycles. The molecule has 4 rings (SSSR count). The van der Waals surface area contributed by atoms with E-state index in [0.29, 0.717) is 34.8 Å². The zero-order valence-electron chi connectivity index (χ0n) is 18.3. The van der Waals surface area contributed by atoms with E-state index in [4.69, 9.17) is 14.2 Å². The Balaban J connectivity index is 1.76. The predicted octanol–water partition coefficient (Wildman–Crippen LogP) is 3.91. The van der Waals surface area contributed by atoms with Crippen molar-refractivity contribution in [1.29, 1.82) is 0 Å². The largest absolute Gasteiger partial charge is 0.493 e. The smallest absolute Gasteiger partial charge is 0.257 e. The van der Waals surface area contributed by atoms with Gasteiger partial charge in [0.2, 0.25) is 5.75 Å². The molecule has 30 heavy (non-hydrogen) atoms. The highest BCUT2D eigenvalue weighted by atomic mass is 16.5. The van der Waals surface area contributed by atoms with Gasteiger partial charge in [-0.25, -0.2) is 0 Å². The van der Waals surface area contributed by atoms with E-state index < -0.39 is 0 Å². The fourth-order valence-electron chi connectivity index (χ4n) is 5.23. The number of amides is 1. The van der Waals surface area contributed by atoms with Gasteiger partial charge < -0.3 is 19.1 Å². The van der Waals surface area contributed by atoms with Crippen LogP contribution in [-0.2, 0) is 7.05 Å². The van der Waals surface area contributed by atoms with Crippen LogP contribution in [-0.4, -0.2) is 54.5 Å². The number of benzene rings is 1. The molecular formula is C23H31N3O4. The van der Waals surface area contributed by atoms with Crippen LogP contribution in [0.3, 0.4) is 0 Å². The lowest BCUT2D eigenvalue weighted by Crippen LogP contribution is -2.49. The maximum Gasteiger partial charge on any atom is 0.257 e. The lowest BCUT2D eigenvalue weighted by molar-refractivity contribution is 0.0391. The molecule has 2 aliphatic rings. The van der Waals surface area contributed by atoms with E-state index in [1.165, 1.54) is 25.7 Å². The van der Waals surface area contributed by atoms with Gasteiger partial charge in [0, 0.05) is 25.2 Å². The van der Waals surface area contributed by atoms with Gasteiger partial charge in [0.25, 0.3) is 5.91 Å². The minimum absolute atomic E-state index is 0.0616. The number of carbonyl (C=O) groups is 1. The molecule has 2 atom stereocenters. The number of aromatic nitrogens is 2. The Bertz CT molecular complexity index is 921. The lowest BCUT2D eigenvalue weighted by Gasteiger charge is -2.44. The molecule has 0 radical (unpaired) electrons. The standard InChI is InChI=1S/C23H31N3O4/c1-25-20(16-11-12-19(28-2)22(30-4)21(16)29-3)17(14-24-25)23(27)26-13-7-9-15-8-5-6-10-18(15)26/h11-12,14-15,18H,5-10,13H2,1-4H3. The van der Waals surface area contributed by atoms with E-state index in [1.807, 2.05) is 19.2 Å². The number of fused-ring (bicyclic) bond motifs is 1. The topological polar surface area (TPSA) is 65.8 Å². The third-order valence-electron chi connectivity index (χ3n) is 6.63. The minimum atomic E-state index is 0.0616. The van der Waals surface area contributed by atoms with Crippen molar-refractivity contribution in [1.82, 2.24) is 14.7 Å². The molecule has 1 aliphatic carbocycles. The summed E-state index contributed by atoms with van der Waals surface area (Å²) < 4.78 is 18.4. The Kier molecular flexibility index (Phi) is 5.88. The molecule has 1 saturated carbocycles. The van der Waals surface area contributed by atoms with E-state index in [0.717, 1.165) is 30.6 Å². The van der Waals surface area contributed by atoms with Gasteiger partial charge in [-0.3, -0.25) is 9.48 Å². The minimum Gasteiger partial charge on any atom is -0.493 e. The number of hydrogen-bond acceptors (Lipinski definition) is 5. The van der Waals surface area contributed by atoms with E-state index in [9.17, 15) is 4.79 Å². The van der Waals surface area contributed by atoms with Crippen LogP contribution in [0.15, 0.2) is 18.3 Å². The van der Waals surface area contributed by atoms with E-state index >= 15 is 0 Å². The molecule has 2 unspecified atom stereocenters. The number of ether oxygens (including phenoxy) is 3. The maximum absolute atomic E-state index is 13.7. The summed E-state index contributed by atoms with van der Waals surface area (Å²) in [4.78, 5) is 15.8. The van der Waals surface area contributed by atoms with Crippen molar-refractivity contribution >= 4 is 5.91 Å². The summed E-state index contributed by atoms with van der Waals surface area (Å²) in [7, 11) is 6.61. The van der Waals surface area contributed by atoms with Crippen LogP contribution in [0.4, 0.5) is 0 Å². The third kappa shape index (κ3) is 3.40. The molecule has 1 saturated heterocycles. The SMILES string of the molecule is COc1ccc(-c2c(C(=O)N3CCCC4CCCCC43)cnn2C)c(OC)c1OC. The zero-order valence-corrected chi connectivity index (χ0v) is 18.3. The Morgan fingerprint density at radius 1 is 1.00 bits per heavy atom. The second-order valence-electron chi connectivity index (χ2n) is 8.16. The first-order chi connectivity index (χ1) is 14.6. The van der Waals surface area contributed by atoms with Crippen LogP contribution in [0.25, 0.3) is 11.3 Å². The molecule has 7 nitrogen and oxygen atoms in total.